The molecule has 2 unspecified atom stereocenters. The fourth-order valence-electron chi connectivity index (χ4n) is 4.19. The van der Waals surface area contributed by atoms with E-state index in [2.05, 4.69) is 0 Å². The Morgan fingerprint density at radius 2 is 1.75 bits per heavy atom. The van der Waals surface area contributed by atoms with E-state index in [-0.39, 0.29) is 12.2 Å². The Balaban J connectivity index is 2.12. The number of carbonyl (C=O) groups is 1. The zero-order valence-electron chi connectivity index (χ0n) is 18.3. The molecule has 2 aromatic rings. The van der Waals surface area contributed by atoms with Crippen molar-refractivity contribution in [3.05, 3.63) is 83.2 Å². The van der Waals surface area contributed by atoms with Gasteiger partial charge in [0.05, 0.1) is 18.6 Å². The summed E-state index contributed by atoms with van der Waals surface area (Å²) >= 11 is 0. The highest BCUT2D eigenvalue weighted by atomic mass is 19.1. The lowest BCUT2D eigenvalue weighted by Gasteiger charge is -2.40. The average molecular weight is 441 g/mol. The number of aliphatic hydroxyl groups excluding tert-OH is 2. The smallest absolute Gasteiger partial charge is 0.305 e. The Hall–Kier alpha value is -2.96. The quantitative estimate of drug-likeness (QED) is 0.525. The molecule has 32 heavy (non-hydrogen) atoms. The van der Waals surface area contributed by atoms with Gasteiger partial charge in [-0.3, -0.25) is 4.79 Å². The predicted octanol–water partition coefficient (Wildman–Crippen LogP) is 4.72. The van der Waals surface area contributed by atoms with Gasteiger partial charge < -0.3 is 20.1 Å². The summed E-state index contributed by atoms with van der Waals surface area (Å²) in [6, 6.07) is 14.0. The zero-order chi connectivity index (χ0) is 23.3. The van der Waals surface area contributed by atoms with Gasteiger partial charge in [0.1, 0.15) is 17.2 Å². The van der Waals surface area contributed by atoms with Crippen LogP contribution in [0.25, 0.3) is 5.57 Å². The number of benzene rings is 2. The predicted molar refractivity (Wildman–Crippen MR) is 121 cm³/mol. The molecule has 0 aliphatic carbocycles. The first-order chi connectivity index (χ1) is 15.3. The van der Waals surface area contributed by atoms with Crippen molar-refractivity contribution in [2.75, 3.05) is 0 Å². The number of halogens is 1. The number of hydrogen-bond acceptors (Lipinski definition) is 4. The lowest BCUT2D eigenvalue weighted by atomic mass is 9.77. The van der Waals surface area contributed by atoms with E-state index in [9.17, 15) is 19.4 Å². The number of aliphatic carboxylic acids is 1. The molecule has 0 aromatic heterocycles. The number of para-hydroxylation sites is 1. The van der Waals surface area contributed by atoms with Gasteiger partial charge in [-0.05, 0) is 42.2 Å². The number of fused-ring (bicyclic) bond motifs is 1. The van der Waals surface area contributed by atoms with Gasteiger partial charge in [0.25, 0.3) is 0 Å². The number of ether oxygens (including phenoxy) is 1. The highest BCUT2D eigenvalue weighted by molar-refractivity contribution is 5.88. The maximum Gasteiger partial charge on any atom is 0.305 e. The Bertz CT molecular complexity index is 1010. The van der Waals surface area contributed by atoms with Crippen LogP contribution in [0.1, 0.15) is 50.7 Å². The van der Waals surface area contributed by atoms with Crippen LogP contribution in [0.2, 0.25) is 0 Å². The Labute approximate surface area is 187 Å². The molecule has 1 heterocycles. The van der Waals surface area contributed by atoms with E-state index < -0.39 is 30.2 Å². The van der Waals surface area contributed by atoms with Crippen LogP contribution >= 0.6 is 0 Å². The summed E-state index contributed by atoms with van der Waals surface area (Å²) in [6.45, 7) is 4.06. The number of hydrogen-bond donors (Lipinski definition) is 3. The van der Waals surface area contributed by atoms with Crippen molar-refractivity contribution in [1.29, 1.82) is 0 Å². The Morgan fingerprint density at radius 3 is 2.38 bits per heavy atom. The van der Waals surface area contributed by atoms with E-state index in [1.54, 1.807) is 24.3 Å². The van der Waals surface area contributed by atoms with Gasteiger partial charge in [0.15, 0.2) is 0 Å². The highest BCUT2D eigenvalue weighted by Crippen LogP contribution is 2.47. The van der Waals surface area contributed by atoms with Crippen LogP contribution in [0.5, 0.6) is 5.75 Å². The second-order valence-electron chi connectivity index (χ2n) is 8.01. The van der Waals surface area contributed by atoms with Crippen LogP contribution in [-0.4, -0.2) is 39.1 Å². The highest BCUT2D eigenvalue weighted by Gasteiger charge is 2.39. The van der Waals surface area contributed by atoms with Gasteiger partial charge in [0.2, 0.25) is 0 Å². The van der Waals surface area contributed by atoms with Gasteiger partial charge in [-0.15, -0.1) is 0 Å². The lowest BCUT2D eigenvalue weighted by Crippen LogP contribution is -2.39. The second kappa shape index (κ2) is 10.1. The summed E-state index contributed by atoms with van der Waals surface area (Å²) < 4.78 is 20.1. The molecule has 0 bridgehead atoms. The third kappa shape index (κ3) is 5.09. The van der Waals surface area contributed by atoms with Crippen molar-refractivity contribution in [1.82, 2.24) is 0 Å². The Kier molecular flexibility index (Phi) is 7.48. The van der Waals surface area contributed by atoms with Crippen molar-refractivity contribution >= 4 is 11.5 Å². The van der Waals surface area contributed by atoms with Crippen molar-refractivity contribution in [2.24, 2.45) is 0 Å². The number of aliphatic hydroxyl groups is 2. The molecule has 1 aliphatic heterocycles. The molecule has 0 saturated carbocycles. The van der Waals surface area contributed by atoms with Crippen molar-refractivity contribution in [3.8, 4) is 5.75 Å². The largest absolute Gasteiger partial charge is 0.482 e. The van der Waals surface area contributed by atoms with Crippen LogP contribution < -0.4 is 4.74 Å². The Morgan fingerprint density at radius 1 is 1.09 bits per heavy atom. The first kappa shape index (κ1) is 23.7. The van der Waals surface area contributed by atoms with Crippen LogP contribution in [-0.2, 0) is 4.79 Å². The molecule has 2 atom stereocenters. The van der Waals surface area contributed by atoms with E-state index in [4.69, 9.17) is 9.84 Å². The summed E-state index contributed by atoms with van der Waals surface area (Å²) in [5.74, 6) is -0.708. The molecule has 170 valence electrons. The van der Waals surface area contributed by atoms with E-state index in [0.29, 0.717) is 12.8 Å². The molecular weight excluding hydrogens is 411 g/mol. The van der Waals surface area contributed by atoms with Gasteiger partial charge >= 0.3 is 5.97 Å². The third-order valence-corrected chi connectivity index (χ3v) is 5.91. The number of rotatable bonds is 9. The lowest BCUT2D eigenvalue weighted by molar-refractivity contribution is -0.139. The summed E-state index contributed by atoms with van der Waals surface area (Å²) in [5.41, 5.74) is 2.78. The van der Waals surface area contributed by atoms with Crippen molar-refractivity contribution < 1.29 is 29.2 Å². The molecule has 3 rings (SSSR count). The van der Waals surface area contributed by atoms with Gasteiger partial charge in [0, 0.05) is 17.6 Å². The summed E-state index contributed by atoms with van der Waals surface area (Å²) in [6.07, 6.45) is 1.97. The van der Waals surface area contributed by atoms with E-state index >= 15 is 0 Å². The van der Waals surface area contributed by atoms with Crippen LogP contribution in [0.4, 0.5) is 4.39 Å². The van der Waals surface area contributed by atoms with Gasteiger partial charge in [-0.2, -0.15) is 0 Å². The minimum Gasteiger partial charge on any atom is -0.482 e. The number of carboxylic acids is 1. The zero-order valence-corrected chi connectivity index (χ0v) is 18.3. The van der Waals surface area contributed by atoms with Crippen molar-refractivity contribution in [2.45, 2.75) is 57.3 Å². The van der Waals surface area contributed by atoms with E-state index in [0.717, 1.165) is 28.0 Å². The van der Waals surface area contributed by atoms with Gasteiger partial charge in [-0.1, -0.05) is 56.3 Å². The summed E-state index contributed by atoms with van der Waals surface area (Å²) in [5, 5.41) is 29.1. The maximum absolute atomic E-state index is 13.6. The second-order valence-corrected chi connectivity index (χ2v) is 8.01. The molecule has 3 N–H and O–H groups in total. The SMILES string of the molecule is CCC1(CC)Oc2ccccc2C(c2ccc(F)cc2)=C1/C=C/C(O)CC(O)CC(=O)O. The molecule has 0 spiro atoms. The fraction of sp³-hybridized carbons (Fsp3) is 0.346. The topological polar surface area (TPSA) is 87.0 Å². The molecule has 0 fully saturated rings. The number of carboxylic acid groups (broad SMARTS) is 1. The standard InChI is InChI=1S/C26H29FO5/c1-3-26(4-2)22(14-13-19(28)15-20(29)16-24(30)31)25(17-9-11-18(27)12-10-17)21-7-5-6-8-23(21)32-26/h5-14,19-20,28-29H,3-4,15-16H2,1-2H3,(H,30,31)/b14-13+. The van der Waals surface area contributed by atoms with Gasteiger partial charge in [-0.25, -0.2) is 4.39 Å². The summed E-state index contributed by atoms with van der Waals surface area (Å²) in [4.78, 5) is 10.8. The van der Waals surface area contributed by atoms with Crippen LogP contribution in [0.15, 0.2) is 66.3 Å². The molecule has 5 nitrogen and oxygen atoms in total. The normalized spacial score (nSPS) is 17.0. The first-order valence-corrected chi connectivity index (χ1v) is 10.8. The van der Waals surface area contributed by atoms with Crippen LogP contribution in [0, 0.1) is 5.82 Å². The molecule has 6 heteroatoms. The third-order valence-electron chi connectivity index (χ3n) is 5.91. The average Bonchev–Trinajstić information content (AvgIpc) is 2.76. The minimum absolute atomic E-state index is 0.0926. The van der Waals surface area contributed by atoms with E-state index in [1.807, 2.05) is 38.1 Å². The molecule has 0 amide bonds. The molecule has 0 radical (unpaired) electrons. The molecular formula is C26H29FO5. The van der Waals surface area contributed by atoms with Crippen molar-refractivity contribution in [3.63, 3.8) is 0 Å². The first-order valence-electron chi connectivity index (χ1n) is 10.8. The molecule has 0 saturated heterocycles. The summed E-state index contributed by atoms with van der Waals surface area (Å²) in [7, 11) is 0. The monoisotopic (exact) mass is 440 g/mol. The molecule has 1 aliphatic rings. The fourth-order valence-corrected chi connectivity index (χ4v) is 4.19. The minimum atomic E-state index is -1.15. The molecule has 2 aromatic carbocycles. The maximum atomic E-state index is 13.6. The van der Waals surface area contributed by atoms with E-state index in [1.165, 1.54) is 12.1 Å². The van der Waals surface area contributed by atoms with Crippen LogP contribution in [0.3, 0.4) is 0 Å².